The Labute approximate surface area is 140 Å². The molecular formula is C15H12ClN3O3S. The number of nitrogens with zero attached hydrogens (tertiary/aromatic N) is 2. The molecule has 8 heteroatoms. The van der Waals surface area contributed by atoms with Gasteiger partial charge in [-0.1, -0.05) is 23.4 Å². The summed E-state index contributed by atoms with van der Waals surface area (Å²) < 4.78 is 5.79. The zero-order chi connectivity index (χ0) is 16.4. The highest BCUT2D eigenvalue weighted by atomic mass is 35.5. The molecule has 3 rings (SSSR count). The van der Waals surface area contributed by atoms with E-state index in [4.69, 9.17) is 21.1 Å². The van der Waals surface area contributed by atoms with Crippen LogP contribution in [0.25, 0.3) is 22.9 Å². The minimum absolute atomic E-state index is 0.0925. The van der Waals surface area contributed by atoms with Crippen LogP contribution in [0.2, 0.25) is 5.02 Å². The molecule has 2 aromatic heterocycles. The van der Waals surface area contributed by atoms with E-state index in [-0.39, 0.29) is 5.75 Å². The van der Waals surface area contributed by atoms with Crippen LogP contribution in [0.1, 0.15) is 5.56 Å². The van der Waals surface area contributed by atoms with Gasteiger partial charge in [0.2, 0.25) is 5.16 Å². The third-order valence-corrected chi connectivity index (χ3v) is 4.33. The number of hydrogen-bond acceptors (Lipinski definition) is 5. The Kier molecular flexibility index (Phi) is 4.40. The van der Waals surface area contributed by atoms with Gasteiger partial charge in [-0.15, -0.1) is 5.10 Å². The molecule has 0 aliphatic heterocycles. The molecule has 0 atom stereocenters. The lowest BCUT2D eigenvalue weighted by Crippen LogP contribution is -1.97. The van der Waals surface area contributed by atoms with Crippen LogP contribution in [-0.4, -0.2) is 32.0 Å². The quantitative estimate of drug-likeness (QED) is 0.679. The second kappa shape index (κ2) is 6.47. The van der Waals surface area contributed by atoms with E-state index in [0.717, 1.165) is 22.9 Å². The van der Waals surface area contributed by atoms with E-state index in [1.165, 1.54) is 0 Å². The molecular weight excluding hydrogens is 338 g/mol. The molecule has 0 bridgehead atoms. The van der Waals surface area contributed by atoms with Gasteiger partial charge in [-0.3, -0.25) is 9.89 Å². The van der Waals surface area contributed by atoms with Gasteiger partial charge in [-0.05, 0) is 42.8 Å². The van der Waals surface area contributed by atoms with Gasteiger partial charge in [0.05, 0.1) is 5.75 Å². The number of carboxylic acid groups (broad SMARTS) is 1. The summed E-state index contributed by atoms with van der Waals surface area (Å²) in [6.45, 7) is 1.93. The van der Waals surface area contributed by atoms with E-state index >= 15 is 0 Å². The van der Waals surface area contributed by atoms with Crippen molar-refractivity contribution in [3.8, 4) is 22.9 Å². The first-order valence-electron chi connectivity index (χ1n) is 6.66. The van der Waals surface area contributed by atoms with Crippen LogP contribution >= 0.6 is 23.4 Å². The monoisotopic (exact) mass is 349 g/mol. The zero-order valence-corrected chi connectivity index (χ0v) is 13.6. The maximum atomic E-state index is 10.5. The Morgan fingerprint density at radius 3 is 2.87 bits per heavy atom. The number of aryl methyl sites for hydroxylation is 1. The number of H-pyrrole nitrogens is 1. The maximum Gasteiger partial charge on any atom is 0.313 e. The van der Waals surface area contributed by atoms with Crippen molar-refractivity contribution < 1.29 is 14.3 Å². The Balaban J connectivity index is 1.81. The van der Waals surface area contributed by atoms with Crippen molar-refractivity contribution in [1.82, 2.24) is 15.2 Å². The predicted molar refractivity (Wildman–Crippen MR) is 87.6 cm³/mol. The molecule has 0 saturated heterocycles. The van der Waals surface area contributed by atoms with Gasteiger partial charge in [-0.2, -0.15) is 4.98 Å². The third kappa shape index (κ3) is 3.57. The predicted octanol–water partition coefficient (Wildman–Crippen LogP) is 3.87. The Bertz CT molecular complexity index is 859. The van der Waals surface area contributed by atoms with Crippen LogP contribution in [0.5, 0.6) is 0 Å². The molecule has 2 heterocycles. The Morgan fingerprint density at radius 2 is 2.13 bits per heavy atom. The van der Waals surface area contributed by atoms with E-state index in [0.29, 0.717) is 27.5 Å². The molecule has 2 N–H and O–H groups in total. The second-order valence-electron chi connectivity index (χ2n) is 4.78. The Hall–Kier alpha value is -2.25. The van der Waals surface area contributed by atoms with Crippen LogP contribution in [0.15, 0.2) is 39.9 Å². The van der Waals surface area contributed by atoms with Gasteiger partial charge in [0, 0.05) is 10.6 Å². The molecule has 1 aromatic carbocycles. The number of aromatic amines is 1. The van der Waals surface area contributed by atoms with Crippen LogP contribution < -0.4 is 0 Å². The number of halogens is 1. The number of benzene rings is 1. The van der Waals surface area contributed by atoms with E-state index < -0.39 is 5.97 Å². The zero-order valence-electron chi connectivity index (χ0n) is 12.0. The first kappa shape index (κ1) is 15.6. The molecule has 0 fully saturated rings. The van der Waals surface area contributed by atoms with Crippen molar-refractivity contribution in [2.24, 2.45) is 0 Å². The molecule has 0 amide bonds. The summed E-state index contributed by atoms with van der Waals surface area (Å²) in [4.78, 5) is 14.8. The molecule has 3 aromatic rings. The first-order chi connectivity index (χ1) is 11.0. The van der Waals surface area contributed by atoms with Crippen LogP contribution in [0.4, 0.5) is 0 Å². The van der Waals surface area contributed by atoms with Gasteiger partial charge in [0.15, 0.2) is 11.6 Å². The number of rotatable bonds is 5. The van der Waals surface area contributed by atoms with Crippen molar-refractivity contribution >= 4 is 29.3 Å². The second-order valence-corrected chi connectivity index (χ2v) is 6.13. The number of hydrogen-bond donors (Lipinski definition) is 2. The summed E-state index contributed by atoms with van der Waals surface area (Å²) in [5, 5.41) is 16.4. The van der Waals surface area contributed by atoms with Crippen molar-refractivity contribution in [3.63, 3.8) is 0 Å². The maximum absolute atomic E-state index is 10.5. The lowest BCUT2D eigenvalue weighted by Gasteiger charge is -2.01. The standard InChI is InChI=1S/C15H12ClN3O3S/c1-8-6-9(2-3-10(8)16)11-4-5-12(22-11)14-17-15(19-18-14)23-7-13(20)21/h2-6H,7H2,1H3,(H,20,21)(H,17,18,19). The SMILES string of the molecule is Cc1cc(-c2ccc(-c3nc(SCC(=O)O)n[nH]3)o2)ccc1Cl. The summed E-state index contributed by atoms with van der Waals surface area (Å²) in [5.74, 6) is 0.665. The highest BCUT2D eigenvalue weighted by Crippen LogP contribution is 2.29. The molecule has 6 nitrogen and oxygen atoms in total. The van der Waals surface area contributed by atoms with E-state index in [1.54, 1.807) is 6.07 Å². The molecule has 0 radical (unpaired) electrons. The topological polar surface area (TPSA) is 92.0 Å². The summed E-state index contributed by atoms with van der Waals surface area (Å²) in [6.07, 6.45) is 0. The smallest absolute Gasteiger partial charge is 0.313 e. The van der Waals surface area contributed by atoms with Gasteiger partial charge in [0.1, 0.15) is 5.76 Å². The molecule has 0 spiro atoms. The normalized spacial score (nSPS) is 10.9. The molecule has 118 valence electrons. The number of furan rings is 1. The molecule has 23 heavy (non-hydrogen) atoms. The molecule has 0 saturated carbocycles. The number of nitrogens with one attached hydrogen (secondary N) is 1. The largest absolute Gasteiger partial charge is 0.481 e. The summed E-state index contributed by atoms with van der Waals surface area (Å²) in [6, 6.07) is 9.27. The van der Waals surface area contributed by atoms with E-state index in [2.05, 4.69) is 15.2 Å². The number of aliphatic carboxylic acids is 1. The third-order valence-electron chi connectivity index (χ3n) is 3.07. The number of aromatic nitrogens is 3. The highest BCUT2D eigenvalue weighted by molar-refractivity contribution is 7.99. The fraction of sp³-hybridized carbons (Fsp3) is 0.133. The number of carbonyl (C=O) groups is 1. The minimum Gasteiger partial charge on any atom is -0.481 e. The highest BCUT2D eigenvalue weighted by Gasteiger charge is 2.13. The fourth-order valence-electron chi connectivity index (χ4n) is 1.97. The van der Waals surface area contributed by atoms with E-state index in [9.17, 15) is 4.79 Å². The minimum atomic E-state index is -0.917. The van der Waals surface area contributed by atoms with Crippen LogP contribution in [-0.2, 0) is 4.79 Å². The molecule has 0 aliphatic rings. The number of thioether (sulfide) groups is 1. The summed E-state index contributed by atoms with van der Waals surface area (Å²) in [7, 11) is 0. The average molecular weight is 350 g/mol. The molecule has 0 aliphatic carbocycles. The lowest BCUT2D eigenvalue weighted by atomic mass is 10.1. The first-order valence-corrected chi connectivity index (χ1v) is 8.03. The van der Waals surface area contributed by atoms with Crippen molar-refractivity contribution in [2.45, 2.75) is 12.1 Å². The fourth-order valence-corrected chi connectivity index (χ4v) is 2.60. The van der Waals surface area contributed by atoms with Gasteiger partial charge in [0.25, 0.3) is 0 Å². The average Bonchev–Trinajstić information content (AvgIpc) is 3.16. The summed E-state index contributed by atoms with van der Waals surface area (Å²) >= 11 is 7.07. The van der Waals surface area contributed by atoms with Gasteiger partial charge >= 0.3 is 5.97 Å². The van der Waals surface area contributed by atoms with E-state index in [1.807, 2.05) is 31.2 Å². The van der Waals surface area contributed by atoms with Gasteiger partial charge in [-0.25, -0.2) is 0 Å². The Morgan fingerprint density at radius 1 is 1.35 bits per heavy atom. The lowest BCUT2D eigenvalue weighted by molar-refractivity contribution is -0.133. The summed E-state index contributed by atoms with van der Waals surface area (Å²) in [5.41, 5.74) is 1.88. The number of carboxylic acids is 1. The van der Waals surface area contributed by atoms with Crippen molar-refractivity contribution in [1.29, 1.82) is 0 Å². The van der Waals surface area contributed by atoms with Crippen molar-refractivity contribution in [2.75, 3.05) is 5.75 Å². The van der Waals surface area contributed by atoms with Crippen LogP contribution in [0.3, 0.4) is 0 Å². The van der Waals surface area contributed by atoms with Crippen LogP contribution in [0, 0.1) is 6.92 Å². The van der Waals surface area contributed by atoms with Crippen molar-refractivity contribution in [3.05, 3.63) is 40.9 Å². The van der Waals surface area contributed by atoms with Gasteiger partial charge < -0.3 is 9.52 Å². The molecule has 0 unspecified atom stereocenters.